The highest BCUT2D eigenvalue weighted by atomic mass is 19.4. The Labute approximate surface area is 95.8 Å². The molecule has 0 aromatic carbocycles. The van der Waals surface area contributed by atoms with Gasteiger partial charge in [-0.15, -0.1) is 0 Å². The van der Waals surface area contributed by atoms with Crippen LogP contribution in [0.4, 0.5) is 13.2 Å². The summed E-state index contributed by atoms with van der Waals surface area (Å²) in [6, 6.07) is 0. The Morgan fingerprint density at radius 1 is 1.53 bits per heavy atom. The number of carbonyl (C=O) groups is 1. The lowest BCUT2D eigenvalue weighted by atomic mass is 9.97. The van der Waals surface area contributed by atoms with Gasteiger partial charge in [0.15, 0.2) is 0 Å². The lowest BCUT2D eigenvalue weighted by Crippen LogP contribution is -2.44. The third-order valence-corrected chi connectivity index (χ3v) is 2.92. The van der Waals surface area contributed by atoms with Crippen molar-refractivity contribution in [3.05, 3.63) is 18.0 Å². The van der Waals surface area contributed by atoms with Crippen molar-refractivity contribution in [1.29, 1.82) is 0 Å². The number of nitrogens with one attached hydrogen (secondary N) is 1. The van der Waals surface area contributed by atoms with E-state index < -0.39 is 18.0 Å². The Morgan fingerprint density at radius 3 is 2.88 bits per heavy atom. The van der Waals surface area contributed by atoms with Crippen molar-refractivity contribution >= 4 is 5.91 Å². The largest absolute Gasteiger partial charge is 0.393 e. The maximum Gasteiger partial charge on any atom is 0.393 e. The summed E-state index contributed by atoms with van der Waals surface area (Å²) in [5.74, 6) is -1.81. The normalized spacial score (nSPS) is 21.6. The summed E-state index contributed by atoms with van der Waals surface area (Å²) >= 11 is 0. The predicted octanol–water partition coefficient (Wildman–Crippen LogP) is 1.82. The van der Waals surface area contributed by atoms with Crippen LogP contribution in [-0.4, -0.2) is 40.3 Å². The van der Waals surface area contributed by atoms with Gasteiger partial charge in [-0.1, -0.05) is 0 Å². The number of H-pyrrole nitrogens is 1. The second kappa shape index (κ2) is 4.38. The predicted molar refractivity (Wildman–Crippen MR) is 53.3 cm³/mol. The van der Waals surface area contributed by atoms with Gasteiger partial charge in [0.05, 0.1) is 17.7 Å². The van der Waals surface area contributed by atoms with Crippen LogP contribution in [0.3, 0.4) is 0 Å². The SMILES string of the molecule is O=C(c1cn[nH]c1)N1CCCC(C(F)(F)F)C1. The third-order valence-electron chi connectivity index (χ3n) is 2.92. The van der Waals surface area contributed by atoms with Gasteiger partial charge in [-0.25, -0.2) is 0 Å². The molecule has 1 amide bonds. The Hall–Kier alpha value is -1.53. The Morgan fingerprint density at radius 2 is 2.29 bits per heavy atom. The van der Waals surface area contributed by atoms with Gasteiger partial charge in [-0.2, -0.15) is 18.3 Å². The average Bonchev–Trinajstić information content (AvgIpc) is 2.80. The fraction of sp³-hybridized carbons (Fsp3) is 0.600. The van der Waals surface area contributed by atoms with Crippen LogP contribution in [0.25, 0.3) is 0 Å². The highest BCUT2D eigenvalue weighted by molar-refractivity contribution is 5.93. The summed E-state index contributed by atoms with van der Waals surface area (Å²) < 4.78 is 37.7. The molecule has 2 rings (SSSR count). The molecule has 1 saturated heterocycles. The summed E-state index contributed by atoms with van der Waals surface area (Å²) in [5.41, 5.74) is 0.299. The summed E-state index contributed by atoms with van der Waals surface area (Å²) in [5, 5.41) is 6.08. The maximum absolute atomic E-state index is 12.6. The highest BCUT2D eigenvalue weighted by Gasteiger charge is 2.42. The van der Waals surface area contributed by atoms with Crippen molar-refractivity contribution in [2.45, 2.75) is 19.0 Å². The molecule has 17 heavy (non-hydrogen) atoms. The molecule has 94 valence electrons. The van der Waals surface area contributed by atoms with E-state index in [1.54, 1.807) is 0 Å². The van der Waals surface area contributed by atoms with Crippen LogP contribution in [0.5, 0.6) is 0 Å². The highest BCUT2D eigenvalue weighted by Crippen LogP contribution is 2.33. The van der Waals surface area contributed by atoms with Crippen molar-refractivity contribution in [3.63, 3.8) is 0 Å². The molecule has 1 aliphatic rings. The molecule has 1 aromatic rings. The zero-order valence-electron chi connectivity index (χ0n) is 9.00. The summed E-state index contributed by atoms with van der Waals surface area (Å²) in [4.78, 5) is 13.1. The van der Waals surface area contributed by atoms with Crippen molar-refractivity contribution < 1.29 is 18.0 Å². The van der Waals surface area contributed by atoms with Crippen LogP contribution in [0, 0.1) is 5.92 Å². The van der Waals surface area contributed by atoms with Gasteiger partial charge >= 0.3 is 6.18 Å². The minimum absolute atomic E-state index is 0.0959. The molecule has 1 aliphatic heterocycles. The van der Waals surface area contributed by atoms with E-state index in [0.717, 1.165) is 0 Å². The van der Waals surface area contributed by atoms with Gasteiger partial charge < -0.3 is 4.90 Å². The fourth-order valence-corrected chi connectivity index (χ4v) is 1.98. The van der Waals surface area contributed by atoms with Gasteiger partial charge in [0, 0.05) is 19.3 Å². The number of piperidine rings is 1. The van der Waals surface area contributed by atoms with E-state index in [2.05, 4.69) is 10.2 Å². The number of rotatable bonds is 1. The first kappa shape index (κ1) is 11.9. The second-order valence-corrected chi connectivity index (χ2v) is 4.12. The Bertz CT molecular complexity index is 388. The summed E-state index contributed by atoms with van der Waals surface area (Å²) in [7, 11) is 0. The number of aromatic nitrogens is 2. The van der Waals surface area contributed by atoms with E-state index in [1.807, 2.05) is 0 Å². The van der Waals surface area contributed by atoms with Crippen LogP contribution >= 0.6 is 0 Å². The maximum atomic E-state index is 12.6. The van der Waals surface area contributed by atoms with Gasteiger partial charge in [0.25, 0.3) is 5.91 Å². The number of amides is 1. The number of halogens is 3. The molecule has 1 N–H and O–H groups in total. The number of hydrogen-bond acceptors (Lipinski definition) is 2. The molecule has 1 fully saturated rings. The molecule has 7 heteroatoms. The lowest BCUT2D eigenvalue weighted by molar-refractivity contribution is -0.184. The van der Waals surface area contributed by atoms with E-state index >= 15 is 0 Å². The second-order valence-electron chi connectivity index (χ2n) is 4.12. The molecule has 1 aromatic heterocycles. The van der Waals surface area contributed by atoms with Crippen molar-refractivity contribution in [2.75, 3.05) is 13.1 Å². The van der Waals surface area contributed by atoms with Crippen LogP contribution in [0.2, 0.25) is 0 Å². The first-order valence-electron chi connectivity index (χ1n) is 5.33. The van der Waals surface area contributed by atoms with Crippen LogP contribution < -0.4 is 0 Å². The molecule has 0 spiro atoms. The number of nitrogens with zero attached hydrogens (tertiary/aromatic N) is 2. The molecule has 0 saturated carbocycles. The lowest BCUT2D eigenvalue weighted by Gasteiger charge is -2.33. The van der Waals surface area contributed by atoms with Crippen molar-refractivity contribution in [2.24, 2.45) is 5.92 Å². The minimum atomic E-state index is -4.23. The van der Waals surface area contributed by atoms with E-state index in [0.29, 0.717) is 18.5 Å². The first-order valence-corrected chi connectivity index (χ1v) is 5.33. The number of hydrogen-bond donors (Lipinski definition) is 1. The van der Waals surface area contributed by atoms with Crippen LogP contribution in [0.15, 0.2) is 12.4 Å². The zero-order valence-corrected chi connectivity index (χ0v) is 9.00. The van der Waals surface area contributed by atoms with E-state index in [9.17, 15) is 18.0 Å². The summed E-state index contributed by atoms with van der Waals surface area (Å²) in [6.07, 6.45) is -1.04. The Kier molecular flexibility index (Phi) is 3.08. The average molecular weight is 247 g/mol. The Balaban J connectivity index is 2.05. The number of alkyl halides is 3. The standard InChI is InChI=1S/C10H12F3N3O/c11-10(12,13)8-2-1-3-16(6-8)9(17)7-4-14-15-5-7/h4-5,8H,1-3,6H2,(H,14,15). The molecule has 1 unspecified atom stereocenters. The van der Waals surface area contributed by atoms with Crippen LogP contribution in [-0.2, 0) is 0 Å². The topological polar surface area (TPSA) is 49.0 Å². The monoisotopic (exact) mass is 247 g/mol. The van der Waals surface area contributed by atoms with Gasteiger partial charge in [-0.05, 0) is 12.8 Å². The van der Waals surface area contributed by atoms with Crippen molar-refractivity contribution in [3.8, 4) is 0 Å². The fourth-order valence-electron chi connectivity index (χ4n) is 1.98. The quantitative estimate of drug-likeness (QED) is 0.823. The van der Waals surface area contributed by atoms with Gasteiger partial charge in [0.2, 0.25) is 0 Å². The van der Waals surface area contributed by atoms with E-state index in [4.69, 9.17) is 0 Å². The zero-order chi connectivity index (χ0) is 12.5. The molecular formula is C10H12F3N3O. The van der Waals surface area contributed by atoms with Crippen LogP contribution in [0.1, 0.15) is 23.2 Å². The molecule has 0 bridgehead atoms. The van der Waals surface area contributed by atoms with E-state index in [1.165, 1.54) is 17.3 Å². The van der Waals surface area contributed by atoms with Crippen molar-refractivity contribution in [1.82, 2.24) is 15.1 Å². The van der Waals surface area contributed by atoms with E-state index in [-0.39, 0.29) is 13.0 Å². The first-order chi connectivity index (χ1) is 7.98. The minimum Gasteiger partial charge on any atom is -0.338 e. The summed E-state index contributed by atoms with van der Waals surface area (Å²) in [6.45, 7) is 0.115. The number of likely N-dealkylation sites (tertiary alicyclic amines) is 1. The number of carbonyl (C=O) groups excluding carboxylic acids is 1. The third kappa shape index (κ3) is 2.59. The molecule has 0 aliphatic carbocycles. The number of aromatic amines is 1. The molecule has 4 nitrogen and oxygen atoms in total. The molecule has 1 atom stereocenters. The van der Waals surface area contributed by atoms with Gasteiger partial charge in [-0.3, -0.25) is 9.89 Å². The van der Waals surface area contributed by atoms with Gasteiger partial charge in [0.1, 0.15) is 0 Å². The smallest absolute Gasteiger partial charge is 0.338 e. The molecular weight excluding hydrogens is 235 g/mol. The molecule has 0 radical (unpaired) electrons. The molecule has 2 heterocycles.